The molecule has 0 atom stereocenters. The van der Waals surface area contributed by atoms with Crippen LogP contribution in [0.3, 0.4) is 0 Å². The van der Waals surface area contributed by atoms with Crippen molar-refractivity contribution in [1.29, 1.82) is 5.26 Å². The van der Waals surface area contributed by atoms with E-state index < -0.39 is 11.0 Å². The van der Waals surface area contributed by atoms with Crippen molar-refractivity contribution in [1.82, 2.24) is 10.2 Å². The number of hydrogen-bond donors (Lipinski definition) is 2. The molecule has 3 rings (SSSR count). The Morgan fingerprint density at radius 2 is 1.81 bits per heavy atom. The highest BCUT2D eigenvalue weighted by Crippen LogP contribution is 2.40. The topological polar surface area (TPSA) is 99.2 Å². The van der Waals surface area contributed by atoms with E-state index in [9.17, 15) is 14.9 Å². The lowest BCUT2D eigenvalue weighted by atomic mass is 9.70. The Morgan fingerprint density at radius 1 is 1.15 bits per heavy atom. The normalized spacial score (nSPS) is 25.2. The van der Waals surface area contributed by atoms with Crippen molar-refractivity contribution < 1.29 is 9.59 Å². The average molecular weight is 359 g/mol. The van der Waals surface area contributed by atoms with E-state index in [0.717, 1.165) is 57.7 Å². The van der Waals surface area contributed by atoms with Crippen LogP contribution in [0.5, 0.6) is 0 Å². The number of nitrogens with one attached hydrogen (secondary N) is 1. The van der Waals surface area contributed by atoms with Crippen LogP contribution in [0.1, 0.15) is 64.2 Å². The lowest BCUT2D eigenvalue weighted by Crippen LogP contribution is -2.55. The maximum Gasteiger partial charge on any atom is 0.225 e. The molecule has 3 N–H and O–H groups in total. The molecular formula is C20H31N4O2. The zero-order valence-electron chi connectivity index (χ0n) is 15.6. The van der Waals surface area contributed by atoms with Crippen molar-refractivity contribution in [3.63, 3.8) is 0 Å². The van der Waals surface area contributed by atoms with Crippen molar-refractivity contribution in [3.8, 4) is 6.07 Å². The van der Waals surface area contributed by atoms with Crippen LogP contribution in [0.25, 0.3) is 0 Å². The Kier molecular flexibility index (Phi) is 5.86. The highest BCUT2D eigenvalue weighted by molar-refractivity contribution is 5.88. The first-order valence-electron chi connectivity index (χ1n) is 10.1. The minimum atomic E-state index is -0.778. The molecule has 2 saturated carbocycles. The lowest BCUT2D eigenvalue weighted by molar-refractivity contribution is -0.130. The zero-order chi connectivity index (χ0) is 18.6. The molecule has 0 aromatic carbocycles. The minimum absolute atomic E-state index is 0.242. The van der Waals surface area contributed by atoms with E-state index in [1.54, 1.807) is 6.42 Å². The second-order valence-corrected chi connectivity index (χ2v) is 8.54. The van der Waals surface area contributed by atoms with Gasteiger partial charge >= 0.3 is 0 Å². The van der Waals surface area contributed by atoms with Gasteiger partial charge in [0.05, 0.1) is 12.5 Å². The molecule has 0 spiro atoms. The van der Waals surface area contributed by atoms with Crippen molar-refractivity contribution >= 4 is 11.8 Å². The molecule has 3 fully saturated rings. The lowest BCUT2D eigenvalue weighted by Gasteiger charge is -2.38. The van der Waals surface area contributed by atoms with Crippen molar-refractivity contribution in [3.05, 3.63) is 6.42 Å². The van der Waals surface area contributed by atoms with Crippen molar-refractivity contribution in [2.75, 3.05) is 19.6 Å². The van der Waals surface area contributed by atoms with Gasteiger partial charge in [0.25, 0.3) is 0 Å². The highest BCUT2D eigenvalue weighted by atomic mass is 16.2. The van der Waals surface area contributed by atoms with Gasteiger partial charge in [0, 0.05) is 25.0 Å². The molecule has 1 radical (unpaired) electrons. The van der Waals surface area contributed by atoms with Crippen LogP contribution in [-0.4, -0.2) is 41.9 Å². The predicted molar refractivity (Wildman–Crippen MR) is 98.5 cm³/mol. The fourth-order valence-corrected chi connectivity index (χ4v) is 4.40. The van der Waals surface area contributed by atoms with Crippen LogP contribution >= 0.6 is 0 Å². The van der Waals surface area contributed by atoms with Crippen LogP contribution in [-0.2, 0) is 9.59 Å². The number of carbonyl (C=O) groups is 2. The van der Waals surface area contributed by atoms with Gasteiger partial charge in [-0.25, -0.2) is 0 Å². The molecule has 6 nitrogen and oxygen atoms in total. The van der Waals surface area contributed by atoms with Gasteiger partial charge in [0.1, 0.15) is 5.54 Å². The largest absolute Gasteiger partial charge is 0.369 e. The Labute approximate surface area is 156 Å². The van der Waals surface area contributed by atoms with Crippen LogP contribution in [0.15, 0.2) is 0 Å². The zero-order valence-corrected chi connectivity index (χ0v) is 15.6. The van der Waals surface area contributed by atoms with Gasteiger partial charge in [-0.05, 0) is 50.9 Å². The third kappa shape index (κ3) is 4.56. The monoisotopic (exact) mass is 359 g/mol. The van der Waals surface area contributed by atoms with Gasteiger partial charge in [0.2, 0.25) is 11.8 Å². The molecule has 143 valence electrons. The van der Waals surface area contributed by atoms with E-state index in [1.807, 2.05) is 0 Å². The first-order chi connectivity index (χ1) is 12.5. The second-order valence-electron chi connectivity index (χ2n) is 8.54. The molecular weight excluding hydrogens is 328 g/mol. The number of rotatable bonds is 7. The summed E-state index contributed by atoms with van der Waals surface area (Å²) in [6.45, 7) is 2.84. The SMILES string of the molecule is N#CC1(NC(=O)[CH]CC2(C(N)=O)CCCCC2)CCN(CC2CC2)CC1. The highest BCUT2D eigenvalue weighted by Gasteiger charge is 2.40. The Hall–Kier alpha value is -1.61. The quantitative estimate of drug-likeness (QED) is 0.725. The maximum absolute atomic E-state index is 12.5. The summed E-state index contributed by atoms with van der Waals surface area (Å²) in [6.07, 6.45) is 10.5. The maximum atomic E-state index is 12.5. The smallest absolute Gasteiger partial charge is 0.225 e. The van der Waals surface area contributed by atoms with E-state index in [1.165, 1.54) is 12.8 Å². The van der Waals surface area contributed by atoms with Crippen LogP contribution < -0.4 is 11.1 Å². The average Bonchev–Trinajstić information content (AvgIpc) is 3.46. The minimum Gasteiger partial charge on any atom is -0.369 e. The molecule has 2 aliphatic carbocycles. The second kappa shape index (κ2) is 7.96. The van der Waals surface area contributed by atoms with Gasteiger partial charge in [-0.2, -0.15) is 5.26 Å². The molecule has 0 aromatic heterocycles. The van der Waals surface area contributed by atoms with E-state index in [-0.39, 0.29) is 11.8 Å². The molecule has 6 heteroatoms. The first-order valence-corrected chi connectivity index (χ1v) is 10.1. The predicted octanol–water partition coefficient (Wildman–Crippen LogP) is 1.90. The molecule has 1 heterocycles. The van der Waals surface area contributed by atoms with Crippen molar-refractivity contribution in [2.24, 2.45) is 17.1 Å². The molecule has 0 bridgehead atoms. The fourth-order valence-electron chi connectivity index (χ4n) is 4.40. The Morgan fingerprint density at radius 3 is 2.35 bits per heavy atom. The summed E-state index contributed by atoms with van der Waals surface area (Å²) in [7, 11) is 0. The van der Waals surface area contributed by atoms with Crippen molar-refractivity contribution in [2.45, 2.75) is 69.7 Å². The number of nitrogens with zero attached hydrogens (tertiary/aromatic N) is 2. The van der Waals surface area contributed by atoms with Gasteiger partial charge in [-0.1, -0.05) is 19.3 Å². The van der Waals surface area contributed by atoms with Gasteiger partial charge < -0.3 is 16.0 Å². The number of nitriles is 1. The van der Waals surface area contributed by atoms with Crippen LogP contribution in [0.2, 0.25) is 0 Å². The van der Waals surface area contributed by atoms with Gasteiger partial charge in [0.15, 0.2) is 0 Å². The molecule has 26 heavy (non-hydrogen) atoms. The molecule has 1 aliphatic heterocycles. The molecule has 0 unspecified atom stereocenters. The first kappa shape index (κ1) is 19.2. The van der Waals surface area contributed by atoms with E-state index in [0.29, 0.717) is 19.3 Å². The fraction of sp³-hybridized carbons (Fsp3) is 0.800. The Bertz CT molecular complexity index is 565. The summed E-state index contributed by atoms with van der Waals surface area (Å²) in [5.74, 6) is 0.297. The number of hydrogen-bond acceptors (Lipinski definition) is 4. The van der Waals surface area contributed by atoms with Crippen LogP contribution in [0.4, 0.5) is 0 Å². The third-order valence-electron chi connectivity index (χ3n) is 6.51. The summed E-state index contributed by atoms with van der Waals surface area (Å²) in [6, 6.07) is 2.34. The molecule has 3 aliphatic rings. The number of primary amides is 1. The summed E-state index contributed by atoms with van der Waals surface area (Å²) >= 11 is 0. The number of amides is 2. The van der Waals surface area contributed by atoms with Crippen LogP contribution in [0, 0.1) is 29.1 Å². The van der Waals surface area contributed by atoms with Gasteiger partial charge in [-0.15, -0.1) is 0 Å². The standard InChI is InChI=1S/C20H31N4O2/c21-15-20(10-12-24(13-11-20)14-16-4-5-16)23-17(25)6-9-19(18(22)26)7-2-1-3-8-19/h6,16H,1-5,7-14H2,(H2,22,26)(H,23,25). The number of nitrogens with two attached hydrogens (primary N) is 1. The number of piperidine rings is 1. The summed E-state index contributed by atoms with van der Waals surface area (Å²) < 4.78 is 0. The molecule has 1 saturated heterocycles. The summed E-state index contributed by atoms with van der Waals surface area (Å²) in [4.78, 5) is 26.8. The number of carbonyl (C=O) groups excluding carboxylic acids is 2. The summed E-state index contributed by atoms with van der Waals surface area (Å²) in [5.41, 5.74) is 4.28. The molecule has 0 aromatic rings. The van der Waals surface area contributed by atoms with E-state index >= 15 is 0 Å². The molecule has 2 amide bonds. The number of likely N-dealkylation sites (tertiary alicyclic amines) is 1. The summed E-state index contributed by atoms with van der Waals surface area (Å²) in [5, 5.41) is 12.6. The van der Waals surface area contributed by atoms with Gasteiger partial charge in [-0.3, -0.25) is 9.59 Å². The van der Waals surface area contributed by atoms with E-state index in [2.05, 4.69) is 16.3 Å². The third-order valence-corrected chi connectivity index (χ3v) is 6.51. The Balaban J connectivity index is 1.49. The van der Waals surface area contributed by atoms with E-state index in [4.69, 9.17) is 5.73 Å².